The van der Waals surface area contributed by atoms with Gasteiger partial charge in [0, 0.05) is 19.3 Å². The molecule has 0 fully saturated rings. The molecule has 0 atom stereocenters. The molecule has 0 N–H and O–H groups in total. The Morgan fingerprint density at radius 3 is 2.85 bits per heavy atom. The van der Waals surface area contributed by atoms with Crippen LogP contribution < -0.4 is 0 Å². The van der Waals surface area contributed by atoms with Crippen LogP contribution in [0.1, 0.15) is 11.4 Å². The molecule has 0 saturated carbocycles. The topological polar surface area (TPSA) is 43.2 Å². The van der Waals surface area contributed by atoms with Crippen molar-refractivity contribution in [3.63, 3.8) is 0 Å². The Hall–Kier alpha value is -1.17. The van der Waals surface area contributed by atoms with Crippen molar-refractivity contribution >= 4 is 22.8 Å². The second kappa shape index (κ2) is 7.02. The van der Waals surface area contributed by atoms with Crippen LogP contribution >= 0.6 is 11.6 Å². The molecule has 0 saturated heterocycles. The van der Waals surface area contributed by atoms with Crippen molar-refractivity contribution in [2.24, 2.45) is 0 Å². The van der Waals surface area contributed by atoms with E-state index in [1.54, 1.807) is 0 Å². The number of halogens is 1. The Morgan fingerprint density at radius 1 is 1.35 bits per heavy atom. The van der Waals surface area contributed by atoms with Crippen LogP contribution in [0.5, 0.6) is 0 Å². The van der Waals surface area contributed by atoms with Gasteiger partial charge in [-0.25, -0.2) is 9.97 Å². The summed E-state index contributed by atoms with van der Waals surface area (Å²) < 4.78 is 7.67. The fourth-order valence-electron chi connectivity index (χ4n) is 2.00. The zero-order valence-electron chi connectivity index (χ0n) is 12.3. The lowest BCUT2D eigenvalue weighted by Gasteiger charge is -2.11. The summed E-state index contributed by atoms with van der Waals surface area (Å²) in [7, 11) is 4.06. The van der Waals surface area contributed by atoms with Gasteiger partial charge in [0.1, 0.15) is 11.3 Å². The number of alkyl halides is 1. The van der Waals surface area contributed by atoms with Crippen molar-refractivity contribution < 1.29 is 4.74 Å². The minimum Gasteiger partial charge on any atom is -0.378 e. The molecular weight excluding hydrogens is 276 g/mol. The fourth-order valence-corrected chi connectivity index (χ4v) is 2.20. The molecule has 0 aromatic carbocycles. The maximum atomic E-state index is 5.97. The summed E-state index contributed by atoms with van der Waals surface area (Å²) in [5.41, 5.74) is 2.88. The Kier molecular flexibility index (Phi) is 5.34. The molecule has 0 aliphatic rings. The van der Waals surface area contributed by atoms with E-state index in [1.807, 2.05) is 37.8 Å². The van der Waals surface area contributed by atoms with Crippen molar-refractivity contribution in [1.29, 1.82) is 0 Å². The van der Waals surface area contributed by atoms with Crippen LogP contribution in [-0.2, 0) is 17.2 Å². The van der Waals surface area contributed by atoms with E-state index in [9.17, 15) is 0 Å². The minimum atomic E-state index is 0.382. The molecule has 2 aromatic heterocycles. The number of pyridine rings is 1. The van der Waals surface area contributed by atoms with Crippen LogP contribution in [0.2, 0.25) is 0 Å². The van der Waals surface area contributed by atoms with Crippen LogP contribution in [0, 0.1) is 6.92 Å². The average Bonchev–Trinajstić information content (AvgIpc) is 2.75. The van der Waals surface area contributed by atoms with Crippen molar-refractivity contribution in [1.82, 2.24) is 19.4 Å². The van der Waals surface area contributed by atoms with Crippen molar-refractivity contribution in [2.75, 3.05) is 33.9 Å². The standard InChI is InChI=1S/C14H21ClN4O/c1-11-8-12-14(16-10-11)19(13(9-15)17-12)5-7-20-6-4-18(2)3/h8,10H,4-7,9H2,1-3H3. The van der Waals surface area contributed by atoms with Crippen molar-refractivity contribution in [3.8, 4) is 0 Å². The van der Waals surface area contributed by atoms with Crippen LogP contribution in [0.4, 0.5) is 0 Å². The Morgan fingerprint density at radius 2 is 2.15 bits per heavy atom. The van der Waals surface area contributed by atoms with Crippen LogP contribution in [0.3, 0.4) is 0 Å². The fraction of sp³-hybridized carbons (Fsp3) is 0.571. The summed E-state index contributed by atoms with van der Waals surface area (Å²) >= 11 is 5.97. The molecule has 20 heavy (non-hydrogen) atoms. The molecule has 2 heterocycles. The van der Waals surface area contributed by atoms with Gasteiger partial charge in [0.25, 0.3) is 0 Å². The zero-order valence-corrected chi connectivity index (χ0v) is 13.0. The van der Waals surface area contributed by atoms with E-state index in [2.05, 4.69) is 14.9 Å². The number of fused-ring (bicyclic) bond motifs is 1. The number of hydrogen-bond acceptors (Lipinski definition) is 4. The van der Waals surface area contributed by atoms with E-state index < -0.39 is 0 Å². The number of aromatic nitrogens is 3. The third-order valence-corrected chi connectivity index (χ3v) is 3.30. The third kappa shape index (κ3) is 3.69. The average molecular weight is 297 g/mol. The van der Waals surface area contributed by atoms with E-state index >= 15 is 0 Å². The third-order valence-electron chi connectivity index (χ3n) is 3.06. The first-order valence-electron chi connectivity index (χ1n) is 6.72. The highest BCUT2D eigenvalue weighted by atomic mass is 35.5. The van der Waals surface area contributed by atoms with E-state index in [0.717, 1.165) is 42.2 Å². The maximum Gasteiger partial charge on any atom is 0.160 e. The predicted molar refractivity (Wildman–Crippen MR) is 81.2 cm³/mol. The molecule has 5 nitrogen and oxygen atoms in total. The van der Waals surface area contributed by atoms with Gasteiger partial charge in [-0.05, 0) is 32.6 Å². The second-order valence-electron chi connectivity index (χ2n) is 5.08. The SMILES string of the molecule is Cc1cnc2c(c1)nc(CCl)n2CCOCCN(C)C. The first-order valence-corrected chi connectivity index (χ1v) is 7.25. The normalized spacial score (nSPS) is 11.7. The number of imidazole rings is 1. The van der Waals surface area contributed by atoms with Gasteiger partial charge in [-0.3, -0.25) is 0 Å². The van der Waals surface area contributed by atoms with E-state index in [-0.39, 0.29) is 0 Å². The summed E-state index contributed by atoms with van der Waals surface area (Å²) in [6.45, 7) is 5.02. The molecule has 0 bridgehead atoms. The highest BCUT2D eigenvalue weighted by Gasteiger charge is 2.11. The first-order chi connectivity index (χ1) is 9.61. The maximum absolute atomic E-state index is 5.97. The summed E-state index contributed by atoms with van der Waals surface area (Å²) in [6, 6.07) is 2.03. The Bertz CT molecular complexity index is 568. The molecule has 0 amide bonds. The Labute approximate surface area is 124 Å². The first kappa shape index (κ1) is 15.2. The number of nitrogens with zero attached hydrogens (tertiary/aromatic N) is 4. The van der Waals surface area contributed by atoms with E-state index in [1.165, 1.54) is 0 Å². The van der Waals surface area contributed by atoms with Crippen LogP contribution in [0.25, 0.3) is 11.2 Å². The van der Waals surface area contributed by atoms with Gasteiger partial charge in [0.2, 0.25) is 0 Å². The minimum absolute atomic E-state index is 0.382. The molecule has 6 heteroatoms. The molecule has 0 aliphatic carbocycles. The molecule has 0 radical (unpaired) electrons. The van der Waals surface area contributed by atoms with Crippen molar-refractivity contribution in [2.45, 2.75) is 19.3 Å². The lowest BCUT2D eigenvalue weighted by atomic mass is 10.3. The van der Waals surface area contributed by atoms with Gasteiger partial charge in [-0.2, -0.15) is 0 Å². The lowest BCUT2D eigenvalue weighted by Crippen LogP contribution is -2.19. The van der Waals surface area contributed by atoms with Crippen LogP contribution in [0.15, 0.2) is 12.3 Å². The smallest absolute Gasteiger partial charge is 0.160 e. The molecule has 2 rings (SSSR count). The second-order valence-corrected chi connectivity index (χ2v) is 5.35. The summed E-state index contributed by atoms with van der Waals surface area (Å²) in [4.78, 5) is 11.1. The van der Waals surface area contributed by atoms with Gasteiger partial charge in [0.15, 0.2) is 5.65 Å². The molecule has 110 valence electrons. The van der Waals surface area contributed by atoms with Gasteiger partial charge in [-0.1, -0.05) is 0 Å². The number of hydrogen-bond donors (Lipinski definition) is 0. The summed E-state index contributed by atoms with van der Waals surface area (Å²) in [6.07, 6.45) is 1.85. The van der Waals surface area contributed by atoms with Gasteiger partial charge < -0.3 is 14.2 Å². The van der Waals surface area contributed by atoms with E-state index in [4.69, 9.17) is 16.3 Å². The monoisotopic (exact) mass is 296 g/mol. The van der Waals surface area contributed by atoms with Gasteiger partial charge >= 0.3 is 0 Å². The Balaban J connectivity index is 2.04. The molecule has 0 spiro atoms. The highest BCUT2D eigenvalue weighted by molar-refractivity contribution is 6.16. The molecule has 0 aliphatic heterocycles. The number of aryl methyl sites for hydroxylation is 1. The van der Waals surface area contributed by atoms with Crippen LogP contribution in [-0.4, -0.2) is 53.3 Å². The zero-order chi connectivity index (χ0) is 14.5. The number of ether oxygens (including phenoxy) is 1. The van der Waals surface area contributed by atoms with Crippen molar-refractivity contribution in [3.05, 3.63) is 23.7 Å². The predicted octanol–water partition coefficient (Wildman–Crippen LogP) is 2.06. The largest absolute Gasteiger partial charge is 0.378 e. The van der Waals surface area contributed by atoms with Gasteiger partial charge in [0.05, 0.1) is 19.1 Å². The van der Waals surface area contributed by atoms with Gasteiger partial charge in [-0.15, -0.1) is 11.6 Å². The number of likely N-dealkylation sites (N-methyl/N-ethyl adjacent to an activating group) is 1. The van der Waals surface area contributed by atoms with E-state index in [0.29, 0.717) is 12.5 Å². The number of rotatable bonds is 7. The molecule has 2 aromatic rings. The molecule has 0 unspecified atom stereocenters. The quantitative estimate of drug-likeness (QED) is 0.579. The summed E-state index contributed by atoms with van der Waals surface area (Å²) in [5, 5.41) is 0. The highest BCUT2D eigenvalue weighted by Crippen LogP contribution is 2.16. The molecular formula is C14H21ClN4O. The summed E-state index contributed by atoms with van der Waals surface area (Å²) in [5.74, 6) is 1.23. The lowest BCUT2D eigenvalue weighted by molar-refractivity contribution is 0.111.